The number of imidazole rings is 1. The van der Waals surface area contributed by atoms with Crippen molar-refractivity contribution in [2.75, 3.05) is 11.9 Å². The number of allylic oxidation sites excluding steroid dienone is 1. The van der Waals surface area contributed by atoms with Crippen LogP contribution >= 0.6 is 0 Å². The standard InChI is InChI=1S/C21H23N3O2/c1-14(2)24-19-12-16(4)15(3)11-18(19)23(21(24)26)13-20(25)22(5)17-9-7-6-8-10-17/h6-12H,1,13H2,2-5H3. The Labute approximate surface area is 152 Å². The van der Waals surface area contributed by atoms with Gasteiger partial charge in [0.25, 0.3) is 0 Å². The maximum Gasteiger partial charge on any atom is 0.333 e. The van der Waals surface area contributed by atoms with Crippen LogP contribution in [0.15, 0.2) is 53.8 Å². The highest BCUT2D eigenvalue weighted by molar-refractivity contribution is 5.93. The zero-order valence-corrected chi connectivity index (χ0v) is 15.6. The number of likely N-dealkylation sites (N-methyl/N-ethyl adjacent to an activating group) is 1. The average molecular weight is 349 g/mol. The summed E-state index contributed by atoms with van der Waals surface area (Å²) in [6, 6.07) is 13.3. The minimum absolute atomic E-state index is 0.0243. The number of rotatable bonds is 4. The third-order valence-corrected chi connectivity index (χ3v) is 4.74. The molecule has 0 N–H and O–H groups in total. The van der Waals surface area contributed by atoms with Crippen molar-refractivity contribution in [3.63, 3.8) is 0 Å². The molecule has 1 amide bonds. The molecule has 0 radical (unpaired) electrons. The predicted octanol–water partition coefficient (Wildman–Crippen LogP) is 3.57. The summed E-state index contributed by atoms with van der Waals surface area (Å²) in [6.07, 6.45) is 0. The molecule has 26 heavy (non-hydrogen) atoms. The first-order chi connectivity index (χ1) is 12.3. The van der Waals surface area contributed by atoms with Gasteiger partial charge in [0.2, 0.25) is 5.91 Å². The molecular weight excluding hydrogens is 326 g/mol. The second kappa shape index (κ2) is 6.67. The van der Waals surface area contributed by atoms with E-state index in [1.807, 2.05) is 56.3 Å². The van der Waals surface area contributed by atoms with Gasteiger partial charge in [-0.05, 0) is 56.2 Å². The number of nitrogens with zero attached hydrogens (tertiary/aromatic N) is 3. The highest BCUT2D eigenvalue weighted by atomic mass is 16.2. The van der Waals surface area contributed by atoms with Gasteiger partial charge in [0, 0.05) is 18.4 Å². The van der Waals surface area contributed by atoms with E-state index in [9.17, 15) is 9.59 Å². The lowest BCUT2D eigenvalue weighted by Gasteiger charge is -2.17. The van der Waals surface area contributed by atoms with Crippen molar-refractivity contribution in [2.45, 2.75) is 27.3 Å². The van der Waals surface area contributed by atoms with Crippen molar-refractivity contribution in [1.82, 2.24) is 9.13 Å². The molecule has 0 aliphatic rings. The topological polar surface area (TPSA) is 47.2 Å². The molecule has 3 aromatic rings. The van der Waals surface area contributed by atoms with Crippen LogP contribution in [0.2, 0.25) is 0 Å². The van der Waals surface area contributed by atoms with Crippen molar-refractivity contribution in [1.29, 1.82) is 0 Å². The maximum atomic E-state index is 12.9. The number of amides is 1. The molecule has 0 fully saturated rings. The number of benzene rings is 2. The number of fused-ring (bicyclic) bond motifs is 1. The highest BCUT2D eigenvalue weighted by Gasteiger charge is 2.19. The van der Waals surface area contributed by atoms with Gasteiger partial charge in [0.05, 0.1) is 11.0 Å². The molecule has 3 rings (SSSR count). The summed E-state index contributed by atoms with van der Waals surface area (Å²) in [5.74, 6) is -0.155. The quantitative estimate of drug-likeness (QED) is 0.723. The van der Waals surface area contributed by atoms with Crippen molar-refractivity contribution in [3.8, 4) is 0 Å². The number of anilines is 1. The molecule has 0 bridgehead atoms. The number of para-hydroxylation sites is 1. The fourth-order valence-electron chi connectivity index (χ4n) is 3.07. The summed E-state index contributed by atoms with van der Waals surface area (Å²) in [4.78, 5) is 27.3. The van der Waals surface area contributed by atoms with E-state index in [1.54, 1.807) is 23.4 Å². The van der Waals surface area contributed by atoms with Gasteiger partial charge >= 0.3 is 5.69 Å². The van der Waals surface area contributed by atoms with Crippen LogP contribution in [0.25, 0.3) is 16.7 Å². The van der Waals surface area contributed by atoms with Gasteiger partial charge in [-0.25, -0.2) is 4.79 Å². The molecular formula is C21H23N3O2. The molecule has 1 heterocycles. The number of hydrogen-bond donors (Lipinski definition) is 0. The zero-order chi connectivity index (χ0) is 19.0. The summed E-state index contributed by atoms with van der Waals surface area (Å²) in [6.45, 7) is 9.69. The molecule has 1 aromatic heterocycles. The van der Waals surface area contributed by atoms with Crippen LogP contribution in [0, 0.1) is 13.8 Å². The maximum absolute atomic E-state index is 12.9. The number of carbonyl (C=O) groups excluding carboxylic acids is 1. The van der Waals surface area contributed by atoms with Crippen molar-refractivity contribution in [3.05, 3.63) is 70.7 Å². The lowest BCUT2D eigenvalue weighted by Crippen LogP contribution is -2.34. The number of hydrogen-bond acceptors (Lipinski definition) is 2. The average Bonchev–Trinajstić information content (AvgIpc) is 2.87. The monoisotopic (exact) mass is 349 g/mol. The Morgan fingerprint density at radius 3 is 2.23 bits per heavy atom. The van der Waals surface area contributed by atoms with Crippen molar-refractivity contribution >= 4 is 28.3 Å². The van der Waals surface area contributed by atoms with E-state index in [0.29, 0.717) is 5.70 Å². The minimum atomic E-state index is -0.243. The van der Waals surface area contributed by atoms with Gasteiger partial charge in [-0.1, -0.05) is 24.8 Å². The van der Waals surface area contributed by atoms with Crippen LogP contribution in [-0.4, -0.2) is 22.1 Å². The van der Waals surface area contributed by atoms with Gasteiger partial charge in [-0.15, -0.1) is 0 Å². The van der Waals surface area contributed by atoms with E-state index in [0.717, 1.165) is 27.8 Å². The second-order valence-electron chi connectivity index (χ2n) is 6.65. The lowest BCUT2D eigenvalue weighted by molar-refractivity contribution is -0.118. The number of carbonyl (C=O) groups is 1. The molecule has 0 atom stereocenters. The van der Waals surface area contributed by atoms with E-state index < -0.39 is 0 Å². The Bertz CT molecular complexity index is 1060. The summed E-state index contributed by atoms with van der Waals surface area (Å²) in [7, 11) is 1.72. The van der Waals surface area contributed by atoms with Crippen LogP contribution in [0.5, 0.6) is 0 Å². The highest BCUT2D eigenvalue weighted by Crippen LogP contribution is 2.21. The first-order valence-electron chi connectivity index (χ1n) is 8.51. The first-order valence-corrected chi connectivity index (χ1v) is 8.51. The fraction of sp³-hybridized carbons (Fsp3) is 0.238. The largest absolute Gasteiger partial charge is 0.333 e. The van der Waals surface area contributed by atoms with Gasteiger partial charge in [0.1, 0.15) is 6.54 Å². The molecule has 0 unspecified atom stereocenters. The van der Waals surface area contributed by atoms with Crippen LogP contribution in [0.1, 0.15) is 18.1 Å². The van der Waals surface area contributed by atoms with Crippen molar-refractivity contribution in [2.24, 2.45) is 0 Å². The van der Waals surface area contributed by atoms with E-state index in [4.69, 9.17) is 0 Å². The van der Waals surface area contributed by atoms with Crippen LogP contribution in [-0.2, 0) is 11.3 Å². The third-order valence-electron chi connectivity index (χ3n) is 4.74. The van der Waals surface area contributed by atoms with Gasteiger partial charge in [0.15, 0.2) is 0 Å². The minimum Gasteiger partial charge on any atom is -0.314 e. The van der Waals surface area contributed by atoms with Crippen molar-refractivity contribution < 1.29 is 4.79 Å². The Morgan fingerprint density at radius 2 is 1.65 bits per heavy atom. The Kier molecular flexibility index (Phi) is 4.55. The zero-order valence-electron chi connectivity index (χ0n) is 15.6. The molecule has 2 aromatic carbocycles. The fourth-order valence-corrected chi connectivity index (χ4v) is 3.07. The Morgan fingerprint density at radius 1 is 1.08 bits per heavy atom. The molecule has 0 aliphatic carbocycles. The lowest BCUT2D eigenvalue weighted by atomic mass is 10.1. The molecule has 0 spiro atoms. The summed E-state index contributed by atoms with van der Waals surface area (Å²) in [5, 5.41) is 0. The molecule has 5 heteroatoms. The Hall–Kier alpha value is -3.08. The number of aromatic nitrogens is 2. The number of aryl methyl sites for hydroxylation is 2. The van der Waals surface area contributed by atoms with Gasteiger partial charge in [-0.3, -0.25) is 13.9 Å². The van der Waals surface area contributed by atoms with E-state index in [2.05, 4.69) is 6.58 Å². The summed E-state index contributed by atoms with van der Waals surface area (Å²) >= 11 is 0. The van der Waals surface area contributed by atoms with E-state index >= 15 is 0 Å². The smallest absolute Gasteiger partial charge is 0.314 e. The molecule has 0 saturated heterocycles. The molecule has 5 nitrogen and oxygen atoms in total. The third kappa shape index (κ3) is 2.96. The normalized spacial score (nSPS) is 10.9. The van der Waals surface area contributed by atoms with Crippen LogP contribution in [0.4, 0.5) is 5.69 Å². The molecule has 0 aliphatic heterocycles. The molecule has 0 saturated carbocycles. The van der Waals surface area contributed by atoms with E-state index in [-0.39, 0.29) is 18.1 Å². The SMILES string of the molecule is C=C(C)n1c(=O)n(CC(=O)N(C)c2ccccc2)c2cc(C)c(C)cc21. The van der Waals surface area contributed by atoms with Gasteiger partial charge in [-0.2, -0.15) is 0 Å². The Balaban J connectivity index is 2.09. The second-order valence-corrected chi connectivity index (χ2v) is 6.65. The first kappa shape index (κ1) is 17.7. The van der Waals surface area contributed by atoms with E-state index in [1.165, 1.54) is 4.57 Å². The van der Waals surface area contributed by atoms with Crippen LogP contribution in [0.3, 0.4) is 0 Å². The summed E-state index contributed by atoms with van der Waals surface area (Å²) in [5.41, 5.74) is 4.88. The summed E-state index contributed by atoms with van der Waals surface area (Å²) < 4.78 is 3.09. The predicted molar refractivity (Wildman–Crippen MR) is 107 cm³/mol. The van der Waals surface area contributed by atoms with Crippen LogP contribution < -0.4 is 10.6 Å². The molecule has 134 valence electrons. The van der Waals surface area contributed by atoms with Gasteiger partial charge < -0.3 is 4.90 Å².